The van der Waals surface area contributed by atoms with Crippen molar-refractivity contribution >= 4 is 17.5 Å². The molecule has 2 aromatic rings. The van der Waals surface area contributed by atoms with Crippen LogP contribution in [-0.4, -0.2) is 40.1 Å². The van der Waals surface area contributed by atoms with Crippen molar-refractivity contribution in [3.63, 3.8) is 0 Å². The van der Waals surface area contributed by atoms with Gasteiger partial charge in [-0.3, -0.25) is 14.7 Å². The maximum Gasteiger partial charge on any atom is 0.260 e. The first-order chi connectivity index (χ1) is 13.0. The van der Waals surface area contributed by atoms with Gasteiger partial charge >= 0.3 is 0 Å². The minimum Gasteiger partial charge on any atom is -0.484 e. The number of nitrogens with zero attached hydrogens (tertiary/aromatic N) is 2. The van der Waals surface area contributed by atoms with E-state index in [1.807, 2.05) is 4.90 Å². The van der Waals surface area contributed by atoms with E-state index in [4.69, 9.17) is 4.74 Å². The average Bonchev–Trinajstić information content (AvgIpc) is 3.09. The number of fused-ring (bicyclic) bond motifs is 1. The molecule has 1 aliphatic rings. The smallest absolute Gasteiger partial charge is 0.260 e. The summed E-state index contributed by atoms with van der Waals surface area (Å²) in [7, 11) is 0. The van der Waals surface area contributed by atoms with E-state index >= 15 is 0 Å². The molecule has 144 valence electrons. The summed E-state index contributed by atoms with van der Waals surface area (Å²) in [5.41, 5.74) is 3.95. The Labute approximate surface area is 159 Å². The summed E-state index contributed by atoms with van der Waals surface area (Å²) in [6.45, 7) is 7.18. The highest BCUT2D eigenvalue weighted by Gasteiger charge is 2.26. The molecule has 2 amide bonds. The average molecular weight is 370 g/mol. The van der Waals surface area contributed by atoms with Crippen molar-refractivity contribution in [3.8, 4) is 5.75 Å². The zero-order valence-corrected chi connectivity index (χ0v) is 16.0. The molecule has 0 spiro atoms. The van der Waals surface area contributed by atoms with Gasteiger partial charge in [0.2, 0.25) is 5.91 Å². The Morgan fingerprint density at radius 3 is 2.93 bits per heavy atom. The molecule has 7 heteroatoms. The zero-order valence-electron chi connectivity index (χ0n) is 16.0. The minimum absolute atomic E-state index is 0.0324. The van der Waals surface area contributed by atoms with E-state index in [0.29, 0.717) is 36.9 Å². The second kappa shape index (κ2) is 8.24. The summed E-state index contributed by atoms with van der Waals surface area (Å²) in [6, 6.07) is 7.08. The first-order valence-electron chi connectivity index (χ1n) is 9.34. The van der Waals surface area contributed by atoms with Crippen LogP contribution in [-0.2, 0) is 22.6 Å². The third kappa shape index (κ3) is 4.48. The van der Waals surface area contributed by atoms with Crippen molar-refractivity contribution in [2.45, 2.75) is 46.1 Å². The Morgan fingerprint density at radius 2 is 2.19 bits per heavy atom. The molecule has 2 heterocycles. The number of aromatic nitrogens is 2. The number of carbonyl (C=O) groups excluding carboxylic acids is 2. The highest BCUT2D eigenvalue weighted by molar-refractivity contribution is 5.90. The summed E-state index contributed by atoms with van der Waals surface area (Å²) < 4.78 is 5.66. The first kappa shape index (κ1) is 18.9. The van der Waals surface area contributed by atoms with Gasteiger partial charge in [0.05, 0.1) is 5.69 Å². The number of hydrogen-bond acceptors (Lipinski definition) is 4. The van der Waals surface area contributed by atoms with Crippen LogP contribution >= 0.6 is 0 Å². The van der Waals surface area contributed by atoms with E-state index in [-0.39, 0.29) is 18.4 Å². The van der Waals surface area contributed by atoms with Crippen LogP contribution in [0.4, 0.5) is 5.69 Å². The van der Waals surface area contributed by atoms with Gasteiger partial charge in [0.15, 0.2) is 6.61 Å². The molecular weight excluding hydrogens is 344 g/mol. The van der Waals surface area contributed by atoms with Gasteiger partial charge < -0.3 is 15.0 Å². The quantitative estimate of drug-likeness (QED) is 0.818. The number of carbonyl (C=O) groups is 2. The van der Waals surface area contributed by atoms with Crippen molar-refractivity contribution in [2.24, 2.45) is 0 Å². The van der Waals surface area contributed by atoms with Crippen molar-refractivity contribution in [1.82, 2.24) is 15.1 Å². The van der Waals surface area contributed by atoms with Gasteiger partial charge in [-0.15, -0.1) is 0 Å². The Bertz CT molecular complexity index is 828. The number of anilines is 1. The van der Waals surface area contributed by atoms with E-state index < -0.39 is 0 Å². The van der Waals surface area contributed by atoms with E-state index in [1.165, 1.54) is 0 Å². The largest absolute Gasteiger partial charge is 0.484 e. The van der Waals surface area contributed by atoms with E-state index in [0.717, 1.165) is 23.4 Å². The molecule has 0 aliphatic carbocycles. The van der Waals surface area contributed by atoms with E-state index in [1.54, 1.807) is 31.2 Å². The number of aromatic amines is 1. The van der Waals surface area contributed by atoms with Crippen LogP contribution in [0.25, 0.3) is 0 Å². The van der Waals surface area contributed by atoms with Crippen molar-refractivity contribution in [3.05, 3.63) is 41.2 Å². The van der Waals surface area contributed by atoms with Gasteiger partial charge in [0.25, 0.3) is 5.91 Å². The fraction of sp³-hybridized carbons (Fsp3) is 0.450. The van der Waals surface area contributed by atoms with E-state index in [2.05, 4.69) is 29.4 Å². The van der Waals surface area contributed by atoms with Crippen LogP contribution in [0.1, 0.15) is 50.1 Å². The number of nitrogens with one attached hydrogen (secondary N) is 2. The maximum absolute atomic E-state index is 12.6. The molecule has 1 aromatic heterocycles. The number of rotatable bonds is 6. The molecule has 0 radical (unpaired) electrons. The predicted octanol–water partition coefficient (Wildman–Crippen LogP) is 2.85. The van der Waals surface area contributed by atoms with Crippen LogP contribution in [0.3, 0.4) is 0 Å². The molecule has 0 atom stereocenters. The lowest BCUT2D eigenvalue weighted by molar-refractivity contribution is -0.134. The molecule has 1 aromatic carbocycles. The summed E-state index contributed by atoms with van der Waals surface area (Å²) in [4.78, 5) is 25.9. The Balaban J connectivity index is 1.59. The molecular formula is C20H26N4O3. The van der Waals surface area contributed by atoms with Gasteiger partial charge in [-0.05, 0) is 18.1 Å². The standard InChI is InChI=1S/C20H26N4O3/c1-4-18(25)21-14-6-5-7-15(10-14)27-12-19(26)24-9-8-17-16(11-24)20(13(2)3)23-22-17/h5-7,10,13H,4,8-9,11-12H2,1-3H3,(H,21,25)(H,22,23). The summed E-state index contributed by atoms with van der Waals surface area (Å²) >= 11 is 0. The fourth-order valence-corrected chi connectivity index (χ4v) is 3.16. The van der Waals surface area contributed by atoms with Crippen molar-refractivity contribution in [1.29, 1.82) is 0 Å². The molecule has 7 nitrogen and oxygen atoms in total. The van der Waals surface area contributed by atoms with Gasteiger partial charge in [-0.1, -0.05) is 26.8 Å². The Kier molecular flexibility index (Phi) is 5.78. The summed E-state index contributed by atoms with van der Waals surface area (Å²) in [5.74, 6) is 0.756. The second-order valence-corrected chi connectivity index (χ2v) is 7.00. The number of benzene rings is 1. The predicted molar refractivity (Wildman–Crippen MR) is 103 cm³/mol. The monoisotopic (exact) mass is 370 g/mol. The van der Waals surface area contributed by atoms with Crippen LogP contribution in [0, 0.1) is 0 Å². The lowest BCUT2D eigenvalue weighted by atomic mass is 9.99. The van der Waals surface area contributed by atoms with E-state index in [9.17, 15) is 9.59 Å². The van der Waals surface area contributed by atoms with Gasteiger partial charge in [-0.25, -0.2) is 0 Å². The van der Waals surface area contributed by atoms with Crippen LogP contribution < -0.4 is 10.1 Å². The third-order valence-electron chi connectivity index (χ3n) is 4.67. The first-order valence-corrected chi connectivity index (χ1v) is 9.34. The summed E-state index contributed by atoms with van der Waals surface area (Å²) in [5, 5.41) is 10.3. The lowest BCUT2D eigenvalue weighted by Gasteiger charge is -2.27. The van der Waals surface area contributed by atoms with Gasteiger partial charge in [0, 0.05) is 48.9 Å². The van der Waals surface area contributed by atoms with Crippen molar-refractivity contribution in [2.75, 3.05) is 18.5 Å². The topological polar surface area (TPSA) is 87.3 Å². The molecule has 0 unspecified atom stereocenters. The number of ether oxygens (including phenoxy) is 1. The molecule has 0 bridgehead atoms. The lowest BCUT2D eigenvalue weighted by Crippen LogP contribution is -2.39. The molecule has 0 saturated heterocycles. The molecule has 0 fully saturated rings. The second-order valence-electron chi connectivity index (χ2n) is 7.00. The molecule has 0 saturated carbocycles. The SMILES string of the molecule is CCC(=O)Nc1cccc(OCC(=O)N2CCc3[nH]nc(C(C)C)c3C2)c1. The summed E-state index contributed by atoms with van der Waals surface area (Å²) in [6.07, 6.45) is 1.19. The third-order valence-corrected chi connectivity index (χ3v) is 4.67. The maximum atomic E-state index is 12.6. The Hall–Kier alpha value is -2.83. The van der Waals surface area contributed by atoms with Crippen LogP contribution in [0.5, 0.6) is 5.75 Å². The number of hydrogen-bond donors (Lipinski definition) is 2. The fourth-order valence-electron chi connectivity index (χ4n) is 3.16. The highest BCUT2D eigenvalue weighted by atomic mass is 16.5. The van der Waals surface area contributed by atoms with Gasteiger partial charge in [0.1, 0.15) is 5.75 Å². The zero-order chi connectivity index (χ0) is 19.4. The Morgan fingerprint density at radius 1 is 1.37 bits per heavy atom. The molecule has 2 N–H and O–H groups in total. The normalized spacial score (nSPS) is 13.4. The number of amides is 2. The minimum atomic E-state index is -0.0617. The van der Waals surface area contributed by atoms with Crippen LogP contribution in [0.15, 0.2) is 24.3 Å². The van der Waals surface area contributed by atoms with Gasteiger partial charge in [-0.2, -0.15) is 5.10 Å². The molecule has 1 aliphatic heterocycles. The van der Waals surface area contributed by atoms with Crippen LogP contribution in [0.2, 0.25) is 0 Å². The highest BCUT2D eigenvalue weighted by Crippen LogP contribution is 2.25. The number of H-pyrrole nitrogens is 1. The molecule has 3 rings (SSSR count). The van der Waals surface area contributed by atoms with Crippen molar-refractivity contribution < 1.29 is 14.3 Å². The molecule has 27 heavy (non-hydrogen) atoms.